The fraction of sp³-hybridized carbons (Fsp3) is 0.100. The molecule has 1 N–H and O–H groups in total. The Morgan fingerprint density at radius 1 is 1.15 bits per heavy atom. The summed E-state index contributed by atoms with van der Waals surface area (Å²) in [6.45, 7) is 0.418. The molecular formula is C20H18N4O3. The van der Waals surface area contributed by atoms with Crippen molar-refractivity contribution in [2.24, 2.45) is 5.10 Å². The van der Waals surface area contributed by atoms with Crippen LogP contribution in [0.3, 0.4) is 0 Å². The number of benzene rings is 2. The third kappa shape index (κ3) is 5.12. The number of nitrogens with zero attached hydrogens (tertiary/aromatic N) is 3. The average Bonchev–Trinajstić information content (AvgIpc) is 2.73. The van der Waals surface area contributed by atoms with Crippen LogP contribution in [0.1, 0.15) is 21.6 Å². The van der Waals surface area contributed by atoms with Crippen molar-refractivity contribution < 1.29 is 14.3 Å². The number of nitrogens with one attached hydrogen (secondary N) is 1. The topological polar surface area (TPSA) is 85.7 Å². The molecule has 0 unspecified atom stereocenters. The van der Waals surface area contributed by atoms with Gasteiger partial charge >= 0.3 is 0 Å². The molecule has 27 heavy (non-hydrogen) atoms. The van der Waals surface area contributed by atoms with E-state index in [9.17, 15) is 4.79 Å². The second-order valence-corrected chi connectivity index (χ2v) is 5.47. The SMILES string of the molecule is COc1ccc(/C=N/NC(=O)c2cnccn2)cc1OCc1ccccc1. The summed E-state index contributed by atoms with van der Waals surface area (Å²) < 4.78 is 11.2. The monoisotopic (exact) mass is 362 g/mol. The molecule has 0 fully saturated rings. The highest BCUT2D eigenvalue weighted by atomic mass is 16.5. The van der Waals surface area contributed by atoms with E-state index < -0.39 is 5.91 Å². The maximum atomic E-state index is 11.9. The van der Waals surface area contributed by atoms with Crippen molar-refractivity contribution in [3.8, 4) is 11.5 Å². The van der Waals surface area contributed by atoms with Gasteiger partial charge in [0.15, 0.2) is 11.5 Å². The maximum absolute atomic E-state index is 11.9. The quantitative estimate of drug-likeness (QED) is 0.516. The number of ether oxygens (including phenoxy) is 2. The van der Waals surface area contributed by atoms with Crippen molar-refractivity contribution in [3.05, 3.63) is 83.9 Å². The fourth-order valence-corrected chi connectivity index (χ4v) is 2.26. The van der Waals surface area contributed by atoms with Crippen LogP contribution in [0.15, 0.2) is 72.2 Å². The fourth-order valence-electron chi connectivity index (χ4n) is 2.26. The molecule has 0 aliphatic carbocycles. The number of methoxy groups -OCH3 is 1. The molecule has 0 aliphatic heterocycles. The zero-order valence-electron chi connectivity index (χ0n) is 14.7. The Labute approximate surface area is 156 Å². The van der Waals surface area contributed by atoms with Gasteiger partial charge in [-0.25, -0.2) is 10.4 Å². The predicted molar refractivity (Wildman–Crippen MR) is 101 cm³/mol. The van der Waals surface area contributed by atoms with Crippen LogP contribution in [0.2, 0.25) is 0 Å². The van der Waals surface area contributed by atoms with Gasteiger partial charge in [0.1, 0.15) is 12.3 Å². The van der Waals surface area contributed by atoms with Crippen molar-refractivity contribution >= 4 is 12.1 Å². The Balaban J connectivity index is 1.66. The van der Waals surface area contributed by atoms with Crippen molar-refractivity contribution in [2.75, 3.05) is 7.11 Å². The number of carbonyl (C=O) groups is 1. The molecule has 136 valence electrons. The zero-order chi connectivity index (χ0) is 18.9. The molecule has 0 saturated carbocycles. The Morgan fingerprint density at radius 3 is 2.74 bits per heavy atom. The summed E-state index contributed by atoms with van der Waals surface area (Å²) in [7, 11) is 1.58. The van der Waals surface area contributed by atoms with Crippen LogP contribution >= 0.6 is 0 Å². The van der Waals surface area contributed by atoms with Crippen LogP contribution in [0.4, 0.5) is 0 Å². The zero-order valence-corrected chi connectivity index (χ0v) is 14.7. The lowest BCUT2D eigenvalue weighted by atomic mass is 10.2. The van der Waals surface area contributed by atoms with Gasteiger partial charge in [-0.1, -0.05) is 30.3 Å². The van der Waals surface area contributed by atoms with Gasteiger partial charge in [0.05, 0.1) is 19.5 Å². The highest BCUT2D eigenvalue weighted by molar-refractivity contribution is 5.92. The summed E-state index contributed by atoms with van der Waals surface area (Å²) in [6, 6.07) is 15.2. The van der Waals surface area contributed by atoms with Crippen LogP contribution in [0.5, 0.6) is 11.5 Å². The third-order valence-corrected chi connectivity index (χ3v) is 3.60. The first-order chi connectivity index (χ1) is 13.3. The van der Waals surface area contributed by atoms with Crippen LogP contribution in [-0.4, -0.2) is 29.2 Å². The van der Waals surface area contributed by atoms with Crippen LogP contribution < -0.4 is 14.9 Å². The molecule has 0 radical (unpaired) electrons. The van der Waals surface area contributed by atoms with E-state index in [1.54, 1.807) is 19.2 Å². The van der Waals surface area contributed by atoms with E-state index in [-0.39, 0.29) is 5.69 Å². The number of aromatic nitrogens is 2. The van der Waals surface area contributed by atoms with E-state index in [1.165, 1.54) is 24.8 Å². The summed E-state index contributed by atoms with van der Waals surface area (Å²) in [5.74, 6) is 0.769. The molecule has 7 heteroatoms. The molecule has 0 bridgehead atoms. The largest absolute Gasteiger partial charge is 0.493 e. The minimum Gasteiger partial charge on any atom is -0.493 e. The van der Waals surface area contributed by atoms with Gasteiger partial charge < -0.3 is 9.47 Å². The molecule has 7 nitrogen and oxygen atoms in total. The van der Waals surface area contributed by atoms with Crippen LogP contribution in [0, 0.1) is 0 Å². The average molecular weight is 362 g/mol. The van der Waals surface area contributed by atoms with Crippen LogP contribution in [-0.2, 0) is 6.61 Å². The molecule has 2 aromatic carbocycles. The second kappa shape index (κ2) is 9.10. The van der Waals surface area contributed by atoms with Gasteiger partial charge in [0.25, 0.3) is 5.91 Å². The lowest BCUT2D eigenvalue weighted by Gasteiger charge is -2.11. The molecule has 0 spiro atoms. The Morgan fingerprint density at radius 2 is 2.00 bits per heavy atom. The van der Waals surface area contributed by atoms with E-state index in [0.717, 1.165) is 11.1 Å². The molecule has 0 aliphatic rings. The molecule has 3 rings (SSSR count). The van der Waals surface area contributed by atoms with Gasteiger partial charge in [-0.05, 0) is 29.3 Å². The normalized spacial score (nSPS) is 10.6. The minimum absolute atomic E-state index is 0.191. The second-order valence-electron chi connectivity index (χ2n) is 5.47. The lowest BCUT2D eigenvalue weighted by Crippen LogP contribution is -2.19. The van der Waals surface area contributed by atoms with Gasteiger partial charge in [-0.3, -0.25) is 9.78 Å². The minimum atomic E-state index is -0.437. The summed E-state index contributed by atoms with van der Waals surface area (Å²) in [5, 5.41) is 3.94. The predicted octanol–water partition coefficient (Wildman–Crippen LogP) is 2.83. The van der Waals surface area contributed by atoms with Crippen molar-refractivity contribution in [3.63, 3.8) is 0 Å². The Hall–Kier alpha value is -3.74. The summed E-state index contributed by atoms with van der Waals surface area (Å²) >= 11 is 0. The molecule has 1 amide bonds. The van der Waals surface area contributed by atoms with Crippen molar-refractivity contribution in [2.45, 2.75) is 6.61 Å². The maximum Gasteiger partial charge on any atom is 0.291 e. The van der Waals surface area contributed by atoms with Gasteiger partial charge in [0, 0.05) is 12.4 Å². The number of amides is 1. The number of carbonyl (C=O) groups excluding carboxylic acids is 1. The third-order valence-electron chi connectivity index (χ3n) is 3.60. The van der Waals surface area contributed by atoms with Gasteiger partial charge in [-0.15, -0.1) is 0 Å². The molecular weight excluding hydrogens is 344 g/mol. The number of hydrazone groups is 1. The summed E-state index contributed by atoms with van der Waals surface area (Å²) in [5.41, 5.74) is 4.40. The number of hydrogen-bond donors (Lipinski definition) is 1. The van der Waals surface area contributed by atoms with E-state index in [1.807, 2.05) is 36.4 Å². The first kappa shape index (κ1) is 18.1. The van der Waals surface area contributed by atoms with E-state index in [2.05, 4.69) is 20.5 Å². The van der Waals surface area contributed by atoms with E-state index >= 15 is 0 Å². The van der Waals surface area contributed by atoms with E-state index in [4.69, 9.17) is 9.47 Å². The van der Waals surface area contributed by atoms with Crippen LogP contribution in [0.25, 0.3) is 0 Å². The number of rotatable bonds is 7. The molecule has 1 heterocycles. The van der Waals surface area contributed by atoms with Crippen molar-refractivity contribution in [1.29, 1.82) is 0 Å². The molecule has 0 atom stereocenters. The Kier molecular flexibility index (Phi) is 6.08. The molecule has 0 saturated heterocycles. The first-order valence-corrected chi connectivity index (χ1v) is 8.20. The van der Waals surface area contributed by atoms with Gasteiger partial charge in [0.2, 0.25) is 0 Å². The highest BCUT2D eigenvalue weighted by Gasteiger charge is 2.07. The number of hydrogen-bond acceptors (Lipinski definition) is 6. The standard InChI is InChI=1S/C20H18N4O3/c1-26-18-8-7-16(11-19(18)27-14-15-5-3-2-4-6-15)12-23-24-20(25)17-13-21-9-10-22-17/h2-13H,14H2,1H3,(H,24,25)/b23-12+. The smallest absolute Gasteiger partial charge is 0.291 e. The summed E-state index contributed by atoms with van der Waals surface area (Å²) in [6.07, 6.45) is 5.82. The Bertz CT molecular complexity index is 915. The van der Waals surface area contributed by atoms with Crippen molar-refractivity contribution in [1.82, 2.24) is 15.4 Å². The highest BCUT2D eigenvalue weighted by Crippen LogP contribution is 2.28. The lowest BCUT2D eigenvalue weighted by molar-refractivity contribution is 0.0949. The first-order valence-electron chi connectivity index (χ1n) is 8.20. The molecule has 3 aromatic rings. The van der Waals surface area contributed by atoms with Gasteiger partial charge in [-0.2, -0.15) is 5.10 Å². The molecule has 1 aromatic heterocycles. The van der Waals surface area contributed by atoms with E-state index in [0.29, 0.717) is 18.1 Å². The summed E-state index contributed by atoms with van der Waals surface area (Å²) in [4.78, 5) is 19.6.